The van der Waals surface area contributed by atoms with Crippen LogP contribution in [0.25, 0.3) is 0 Å². The fraction of sp³-hybridized carbons (Fsp3) is 0.643. The molecule has 20 heavy (non-hydrogen) atoms. The van der Waals surface area contributed by atoms with Crippen LogP contribution in [-0.4, -0.2) is 34.8 Å². The second kappa shape index (κ2) is 5.91. The maximum atomic E-state index is 12.2. The third kappa shape index (κ3) is 3.00. The van der Waals surface area contributed by atoms with Gasteiger partial charge in [0.2, 0.25) is 11.8 Å². The molecule has 0 saturated carbocycles. The number of nitrogens with zero attached hydrogens (tertiary/aromatic N) is 2. The molecule has 0 bridgehead atoms. The molecule has 1 N–H and O–H groups in total. The van der Waals surface area contributed by atoms with Crippen LogP contribution in [0, 0.1) is 19.8 Å². The van der Waals surface area contributed by atoms with E-state index >= 15 is 0 Å². The van der Waals surface area contributed by atoms with Crippen molar-refractivity contribution in [1.82, 2.24) is 15.2 Å². The molecule has 2 atom stereocenters. The van der Waals surface area contributed by atoms with Gasteiger partial charge >= 0.3 is 0 Å². The average Bonchev–Trinajstić information content (AvgIpc) is 2.91. The molecule has 110 valence electrons. The highest BCUT2D eigenvalue weighted by molar-refractivity contribution is 7.11. The van der Waals surface area contributed by atoms with Crippen LogP contribution >= 0.6 is 11.3 Å². The molecule has 0 aromatic carbocycles. The highest BCUT2D eigenvalue weighted by Crippen LogP contribution is 2.25. The molecule has 2 heterocycles. The first-order chi connectivity index (χ1) is 9.42. The Morgan fingerprint density at radius 1 is 1.55 bits per heavy atom. The fourth-order valence-corrected chi connectivity index (χ4v) is 3.53. The molecule has 1 aromatic heterocycles. The summed E-state index contributed by atoms with van der Waals surface area (Å²) in [5.41, 5.74) is 0.970. The maximum absolute atomic E-state index is 12.2. The number of aryl methyl sites for hydroxylation is 2. The summed E-state index contributed by atoms with van der Waals surface area (Å²) in [5, 5.41) is 4.02. The van der Waals surface area contributed by atoms with Crippen LogP contribution in [0.4, 0.5) is 0 Å². The Bertz CT molecular complexity index is 526. The molecule has 2 amide bonds. The first-order valence-corrected chi connectivity index (χ1v) is 7.76. The fourth-order valence-electron chi connectivity index (χ4n) is 2.60. The van der Waals surface area contributed by atoms with Crippen LogP contribution in [0.2, 0.25) is 0 Å². The highest BCUT2D eigenvalue weighted by atomic mass is 32.1. The second-order valence-corrected chi connectivity index (χ2v) is 6.48. The minimum Gasteiger partial charge on any atom is -0.348 e. The molecular formula is C14H21N3O2S. The number of hydrogen-bond donors (Lipinski definition) is 1. The first-order valence-electron chi connectivity index (χ1n) is 6.94. The lowest BCUT2D eigenvalue weighted by molar-refractivity contribution is -0.129. The van der Waals surface area contributed by atoms with Gasteiger partial charge in [-0.2, -0.15) is 0 Å². The molecule has 0 radical (unpaired) electrons. The van der Waals surface area contributed by atoms with Gasteiger partial charge in [0.1, 0.15) is 0 Å². The Balaban J connectivity index is 1.98. The summed E-state index contributed by atoms with van der Waals surface area (Å²) in [6.45, 7) is 9.03. The molecular weight excluding hydrogens is 274 g/mol. The Kier molecular flexibility index (Phi) is 4.42. The van der Waals surface area contributed by atoms with Gasteiger partial charge in [0.15, 0.2) is 0 Å². The molecule has 1 saturated heterocycles. The average molecular weight is 295 g/mol. The normalized spacial score (nSPS) is 20.3. The van der Waals surface area contributed by atoms with E-state index in [1.165, 1.54) is 0 Å². The van der Waals surface area contributed by atoms with Crippen molar-refractivity contribution in [2.45, 2.75) is 40.2 Å². The molecule has 1 fully saturated rings. The monoisotopic (exact) mass is 295 g/mol. The topological polar surface area (TPSA) is 62.3 Å². The molecule has 1 aliphatic rings. The van der Waals surface area contributed by atoms with E-state index in [9.17, 15) is 9.59 Å². The Morgan fingerprint density at radius 2 is 2.25 bits per heavy atom. The third-order valence-electron chi connectivity index (χ3n) is 3.66. The Morgan fingerprint density at radius 3 is 2.75 bits per heavy atom. The molecule has 0 spiro atoms. The van der Waals surface area contributed by atoms with Crippen LogP contribution in [0.1, 0.15) is 41.9 Å². The quantitative estimate of drug-likeness (QED) is 0.921. The van der Waals surface area contributed by atoms with Gasteiger partial charge in [-0.1, -0.05) is 0 Å². The molecule has 1 aromatic rings. The maximum Gasteiger partial charge on any atom is 0.225 e. The van der Waals surface area contributed by atoms with Crippen LogP contribution in [-0.2, 0) is 9.59 Å². The number of rotatable bonds is 4. The van der Waals surface area contributed by atoms with Crippen LogP contribution in [0.3, 0.4) is 0 Å². The number of hydrogen-bond acceptors (Lipinski definition) is 4. The summed E-state index contributed by atoms with van der Waals surface area (Å²) >= 11 is 1.61. The number of thiazole rings is 1. The Hall–Kier alpha value is -1.43. The predicted octanol–water partition coefficient (Wildman–Crippen LogP) is 1.81. The SMILES string of the molecule is CCN1C[C@H](C(=O)N[C@H](C)c2sc(C)nc2C)CC1=O. The number of carbonyl (C=O) groups is 2. The van der Waals surface area contributed by atoms with E-state index in [4.69, 9.17) is 0 Å². The van der Waals surface area contributed by atoms with Gasteiger partial charge in [-0.15, -0.1) is 11.3 Å². The van der Waals surface area contributed by atoms with E-state index in [0.29, 0.717) is 19.5 Å². The van der Waals surface area contributed by atoms with Crippen LogP contribution < -0.4 is 5.32 Å². The van der Waals surface area contributed by atoms with E-state index < -0.39 is 0 Å². The van der Waals surface area contributed by atoms with E-state index in [1.807, 2.05) is 27.7 Å². The van der Waals surface area contributed by atoms with Crippen LogP contribution in [0.5, 0.6) is 0 Å². The van der Waals surface area contributed by atoms with E-state index in [1.54, 1.807) is 16.2 Å². The first kappa shape index (κ1) is 15.0. The zero-order chi connectivity index (χ0) is 14.9. The second-order valence-electron chi connectivity index (χ2n) is 5.25. The van der Waals surface area contributed by atoms with Gasteiger partial charge < -0.3 is 10.2 Å². The van der Waals surface area contributed by atoms with Crippen molar-refractivity contribution in [3.63, 3.8) is 0 Å². The molecule has 2 rings (SSSR count). The lowest BCUT2D eigenvalue weighted by atomic mass is 10.1. The largest absolute Gasteiger partial charge is 0.348 e. The number of nitrogens with one attached hydrogen (secondary N) is 1. The lowest BCUT2D eigenvalue weighted by Crippen LogP contribution is -2.34. The number of carbonyl (C=O) groups excluding carboxylic acids is 2. The van der Waals surface area contributed by atoms with Gasteiger partial charge in [0, 0.05) is 24.4 Å². The number of aromatic nitrogens is 1. The molecule has 1 aliphatic heterocycles. The van der Waals surface area contributed by atoms with Gasteiger partial charge in [-0.25, -0.2) is 4.98 Å². The molecule has 5 nitrogen and oxygen atoms in total. The zero-order valence-corrected chi connectivity index (χ0v) is 13.2. The van der Waals surface area contributed by atoms with Gasteiger partial charge in [-0.05, 0) is 27.7 Å². The van der Waals surface area contributed by atoms with Gasteiger partial charge in [-0.3, -0.25) is 9.59 Å². The minimum absolute atomic E-state index is 0.0350. The van der Waals surface area contributed by atoms with Crippen molar-refractivity contribution >= 4 is 23.2 Å². The van der Waals surface area contributed by atoms with Gasteiger partial charge in [0.05, 0.1) is 22.7 Å². The summed E-state index contributed by atoms with van der Waals surface area (Å²) in [6, 6.07) is -0.0560. The van der Waals surface area contributed by atoms with Gasteiger partial charge in [0.25, 0.3) is 0 Å². The van der Waals surface area contributed by atoms with Crippen molar-refractivity contribution in [2.24, 2.45) is 5.92 Å². The number of amides is 2. The van der Waals surface area contributed by atoms with E-state index in [-0.39, 0.29) is 23.8 Å². The van der Waals surface area contributed by atoms with E-state index in [0.717, 1.165) is 15.6 Å². The van der Waals surface area contributed by atoms with Crippen LogP contribution in [0.15, 0.2) is 0 Å². The summed E-state index contributed by atoms with van der Waals surface area (Å²) in [6.07, 6.45) is 0.326. The zero-order valence-electron chi connectivity index (χ0n) is 12.4. The Labute approximate surface area is 123 Å². The summed E-state index contributed by atoms with van der Waals surface area (Å²) < 4.78 is 0. The standard InChI is InChI=1S/C14H21N3O2S/c1-5-17-7-11(6-12(17)18)14(19)16-9(3)13-8(2)15-10(4)20-13/h9,11H,5-7H2,1-4H3,(H,16,19)/t9-,11-/m1/s1. The molecule has 0 aliphatic carbocycles. The van der Waals surface area contributed by atoms with Crippen molar-refractivity contribution in [1.29, 1.82) is 0 Å². The van der Waals surface area contributed by atoms with Crippen molar-refractivity contribution < 1.29 is 9.59 Å². The number of likely N-dealkylation sites (tertiary alicyclic amines) is 1. The van der Waals surface area contributed by atoms with E-state index in [2.05, 4.69) is 10.3 Å². The summed E-state index contributed by atoms with van der Waals surface area (Å²) in [4.78, 5) is 31.1. The third-order valence-corrected chi connectivity index (χ3v) is 4.91. The highest BCUT2D eigenvalue weighted by Gasteiger charge is 2.34. The summed E-state index contributed by atoms with van der Waals surface area (Å²) in [5.74, 6) is -0.184. The smallest absolute Gasteiger partial charge is 0.225 e. The lowest BCUT2D eigenvalue weighted by Gasteiger charge is -2.17. The molecule has 6 heteroatoms. The predicted molar refractivity (Wildman–Crippen MR) is 78.5 cm³/mol. The van der Waals surface area contributed by atoms with Crippen molar-refractivity contribution in [3.05, 3.63) is 15.6 Å². The van der Waals surface area contributed by atoms with Crippen molar-refractivity contribution in [2.75, 3.05) is 13.1 Å². The summed E-state index contributed by atoms with van der Waals surface area (Å²) in [7, 11) is 0. The molecule has 0 unspecified atom stereocenters. The van der Waals surface area contributed by atoms with Crippen molar-refractivity contribution in [3.8, 4) is 0 Å². The minimum atomic E-state index is -0.223.